The summed E-state index contributed by atoms with van der Waals surface area (Å²) in [5.41, 5.74) is 2.09. The number of carbonyl (C=O) groups is 1. The van der Waals surface area contributed by atoms with E-state index in [0.29, 0.717) is 16.4 Å². The van der Waals surface area contributed by atoms with Gasteiger partial charge in [0, 0.05) is 15.6 Å². The molecule has 3 nitrogen and oxygen atoms in total. The van der Waals surface area contributed by atoms with Crippen molar-refractivity contribution < 1.29 is 4.79 Å². The highest BCUT2D eigenvalue weighted by molar-refractivity contribution is 7.05. The molecule has 0 saturated carbocycles. The minimum Gasteiger partial charge on any atom is -0.321 e. The van der Waals surface area contributed by atoms with Crippen molar-refractivity contribution >= 4 is 34.7 Å². The Kier molecular flexibility index (Phi) is 3.45. The second-order valence-corrected chi connectivity index (χ2v) is 5.16. The van der Waals surface area contributed by atoms with E-state index in [4.69, 9.17) is 11.6 Å². The van der Waals surface area contributed by atoms with Gasteiger partial charge in [0.1, 0.15) is 5.69 Å². The van der Waals surface area contributed by atoms with Crippen LogP contribution in [-0.4, -0.2) is 10.3 Å². The predicted octanol–water partition coefficient (Wildman–Crippen LogP) is 3.67. The Bertz CT molecular complexity index is 565. The number of carbonyl (C=O) groups excluding carboxylic acids is 1. The first kappa shape index (κ1) is 12.1. The van der Waals surface area contributed by atoms with Gasteiger partial charge >= 0.3 is 0 Å². The maximum absolute atomic E-state index is 11.8. The second-order valence-electron chi connectivity index (χ2n) is 3.74. The molecule has 0 unspecified atom stereocenters. The van der Waals surface area contributed by atoms with Crippen LogP contribution in [0.15, 0.2) is 24.3 Å². The van der Waals surface area contributed by atoms with Gasteiger partial charge in [-0.1, -0.05) is 17.7 Å². The lowest BCUT2D eigenvalue weighted by Crippen LogP contribution is -2.12. The molecule has 1 amide bonds. The van der Waals surface area contributed by atoms with Gasteiger partial charge in [0.15, 0.2) is 0 Å². The number of amides is 1. The van der Waals surface area contributed by atoms with Crippen molar-refractivity contribution in [1.82, 2.24) is 4.37 Å². The normalized spacial score (nSPS) is 10.3. The monoisotopic (exact) mass is 266 g/mol. The van der Waals surface area contributed by atoms with Crippen LogP contribution < -0.4 is 5.32 Å². The fraction of sp³-hybridized carbons (Fsp3) is 0.167. The van der Waals surface area contributed by atoms with Crippen molar-refractivity contribution in [1.29, 1.82) is 0 Å². The van der Waals surface area contributed by atoms with Crippen molar-refractivity contribution in [3.63, 3.8) is 0 Å². The van der Waals surface area contributed by atoms with Crippen molar-refractivity contribution in [2.75, 3.05) is 5.32 Å². The van der Waals surface area contributed by atoms with Crippen LogP contribution in [0.2, 0.25) is 5.02 Å². The number of aryl methyl sites for hydroxylation is 2. The molecular weight excluding hydrogens is 256 g/mol. The number of hydrogen-bond acceptors (Lipinski definition) is 3. The number of hydrogen-bond donors (Lipinski definition) is 1. The van der Waals surface area contributed by atoms with Gasteiger partial charge in [-0.05, 0) is 49.1 Å². The van der Waals surface area contributed by atoms with E-state index >= 15 is 0 Å². The molecule has 0 aliphatic carbocycles. The van der Waals surface area contributed by atoms with Crippen molar-refractivity contribution in [2.45, 2.75) is 13.8 Å². The van der Waals surface area contributed by atoms with Gasteiger partial charge in [-0.3, -0.25) is 4.79 Å². The third-order valence-corrected chi connectivity index (χ3v) is 3.39. The average molecular weight is 267 g/mol. The lowest BCUT2D eigenvalue weighted by molar-refractivity contribution is 0.102. The molecule has 1 heterocycles. The van der Waals surface area contributed by atoms with Crippen LogP contribution in [0.4, 0.5) is 5.69 Å². The van der Waals surface area contributed by atoms with Gasteiger partial charge in [0.25, 0.3) is 5.91 Å². The van der Waals surface area contributed by atoms with E-state index in [9.17, 15) is 4.79 Å². The fourth-order valence-corrected chi connectivity index (χ4v) is 2.06. The third kappa shape index (κ3) is 2.84. The molecule has 0 aliphatic heterocycles. The Labute approximate surface area is 109 Å². The van der Waals surface area contributed by atoms with Gasteiger partial charge < -0.3 is 5.32 Å². The molecule has 88 valence electrons. The average Bonchev–Trinajstić information content (AvgIpc) is 2.70. The van der Waals surface area contributed by atoms with E-state index in [1.165, 1.54) is 11.5 Å². The maximum Gasteiger partial charge on any atom is 0.275 e. The minimum atomic E-state index is -0.214. The van der Waals surface area contributed by atoms with Crippen LogP contribution in [0.1, 0.15) is 20.9 Å². The zero-order chi connectivity index (χ0) is 12.4. The molecule has 1 N–H and O–H groups in total. The highest BCUT2D eigenvalue weighted by Crippen LogP contribution is 2.20. The molecule has 2 aromatic rings. The molecule has 5 heteroatoms. The van der Waals surface area contributed by atoms with Crippen LogP contribution in [0, 0.1) is 13.8 Å². The first-order valence-electron chi connectivity index (χ1n) is 5.07. The molecule has 2 rings (SSSR count). The van der Waals surface area contributed by atoms with Gasteiger partial charge in [-0.2, -0.15) is 4.37 Å². The van der Waals surface area contributed by atoms with Gasteiger partial charge in [0.05, 0.1) is 0 Å². The van der Waals surface area contributed by atoms with Gasteiger partial charge in [-0.15, -0.1) is 0 Å². The summed E-state index contributed by atoms with van der Waals surface area (Å²) in [4.78, 5) is 12.8. The third-order valence-electron chi connectivity index (χ3n) is 2.29. The topological polar surface area (TPSA) is 42.0 Å². The lowest BCUT2D eigenvalue weighted by Gasteiger charge is -2.05. The predicted molar refractivity (Wildman–Crippen MR) is 71.0 cm³/mol. The molecule has 0 saturated heterocycles. The van der Waals surface area contributed by atoms with E-state index in [0.717, 1.165) is 10.4 Å². The maximum atomic E-state index is 11.8. The molecule has 0 bridgehead atoms. The van der Waals surface area contributed by atoms with E-state index in [1.807, 2.05) is 26.0 Å². The van der Waals surface area contributed by atoms with Crippen LogP contribution in [0.5, 0.6) is 0 Å². The highest BCUT2D eigenvalue weighted by Gasteiger charge is 2.10. The van der Waals surface area contributed by atoms with Crippen molar-refractivity contribution in [2.24, 2.45) is 0 Å². The quantitative estimate of drug-likeness (QED) is 0.901. The number of aromatic nitrogens is 1. The van der Waals surface area contributed by atoms with Crippen molar-refractivity contribution in [3.05, 3.63) is 45.4 Å². The summed E-state index contributed by atoms with van der Waals surface area (Å²) in [6.07, 6.45) is 0. The number of anilines is 1. The zero-order valence-corrected chi connectivity index (χ0v) is 11.0. The molecule has 0 fully saturated rings. The second kappa shape index (κ2) is 4.85. The summed E-state index contributed by atoms with van der Waals surface area (Å²) in [5, 5.41) is 3.40. The smallest absolute Gasteiger partial charge is 0.275 e. The lowest BCUT2D eigenvalue weighted by atomic mass is 10.2. The van der Waals surface area contributed by atoms with Crippen LogP contribution in [0.25, 0.3) is 0 Å². The van der Waals surface area contributed by atoms with E-state index in [2.05, 4.69) is 9.69 Å². The van der Waals surface area contributed by atoms with Crippen LogP contribution in [-0.2, 0) is 0 Å². The Balaban J connectivity index is 2.15. The molecule has 0 spiro atoms. The summed E-state index contributed by atoms with van der Waals surface area (Å²) in [7, 11) is 0. The molecule has 0 radical (unpaired) electrons. The number of nitrogens with one attached hydrogen (secondary N) is 1. The number of halogens is 1. The Morgan fingerprint density at radius 1 is 1.35 bits per heavy atom. The van der Waals surface area contributed by atoms with Gasteiger partial charge in [-0.25, -0.2) is 0 Å². The highest BCUT2D eigenvalue weighted by atomic mass is 35.5. The number of nitrogens with zero attached hydrogens (tertiary/aromatic N) is 1. The first-order chi connectivity index (χ1) is 8.06. The van der Waals surface area contributed by atoms with Crippen LogP contribution >= 0.6 is 23.1 Å². The molecule has 17 heavy (non-hydrogen) atoms. The molecule has 1 aromatic carbocycles. The molecule has 0 atom stereocenters. The number of benzene rings is 1. The van der Waals surface area contributed by atoms with E-state index in [-0.39, 0.29) is 5.91 Å². The molecular formula is C12H11ClN2OS. The summed E-state index contributed by atoms with van der Waals surface area (Å²) in [6, 6.07) is 7.17. The van der Waals surface area contributed by atoms with E-state index < -0.39 is 0 Å². The minimum absolute atomic E-state index is 0.214. The summed E-state index contributed by atoms with van der Waals surface area (Å²) < 4.78 is 4.05. The SMILES string of the molecule is Cc1cc(C(=O)Nc2ccc(C)c(Cl)c2)ns1. The molecule has 1 aromatic heterocycles. The zero-order valence-electron chi connectivity index (χ0n) is 9.45. The fourth-order valence-electron chi connectivity index (χ4n) is 1.34. The standard InChI is InChI=1S/C12H11ClN2OS/c1-7-3-4-9(6-10(7)13)14-12(16)11-5-8(2)17-15-11/h3-6H,1-2H3,(H,14,16). The van der Waals surface area contributed by atoms with E-state index in [1.54, 1.807) is 12.1 Å². The number of rotatable bonds is 2. The summed E-state index contributed by atoms with van der Waals surface area (Å²) in [5.74, 6) is -0.214. The molecule has 0 aliphatic rings. The van der Waals surface area contributed by atoms with Crippen molar-refractivity contribution in [3.8, 4) is 0 Å². The van der Waals surface area contributed by atoms with Crippen LogP contribution in [0.3, 0.4) is 0 Å². The Morgan fingerprint density at radius 2 is 2.12 bits per heavy atom. The summed E-state index contributed by atoms with van der Waals surface area (Å²) >= 11 is 7.29. The first-order valence-corrected chi connectivity index (χ1v) is 6.22. The van der Waals surface area contributed by atoms with Gasteiger partial charge in [0.2, 0.25) is 0 Å². The largest absolute Gasteiger partial charge is 0.321 e. The Morgan fingerprint density at radius 3 is 2.71 bits per heavy atom. The Hall–Kier alpha value is -1.39. The summed E-state index contributed by atoms with van der Waals surface area (Å²) in [6.45, 7) is 3.83.